The van der Waals surface area contributed by atoms with E-state index in [0.717, 1.165) is 19.8 Å². The number of aliphatic carboxylic acids is 1. The minimum Gasteiger partial charge on any atom is -0.481 e. The highest BCUT2D eigenvalue weighted by molar-refractivity contribution is 6.08. The standard InChI is InChI=1S/C26H28O8/c1-14-11-15(2)22(16(3)21(14)19(27)12-17-9-7-6-8-10-17)20(28)13-18(24(29)30)23(25(31)33-4)26(32)34-5/h6-11,18,23H,12-13H2,1-5H3,(H,29,30). The van der Waals surface area contributed by atoms with E-state index in [9.17, 15) is 29.1 Å². The molecular formula is C26H28O8. The topological polar surface area (TPSA) is 124 Å². The van der Waals surface area contributed by atoms with E-state index in [1.165, 1.54) is 0 Å². The number of hydrogen-bond donors (Lipinski definition) is 1. The van der Waals surface area contributed by atoms with Gasteiger partial charge in [-0.3, -0.25) is 24.0 Å². The Morgan fingerprint density at radius 1 is 0.824 bits per heavy atom. The van der Waals surface area contributed by atoms with Gasteiger partial charge in [0.05, 0.1) is 20.1 Å². The molecule has 0 spiro atoms. The van der Waals surface area contributed by atoms with E-state index in [4.69, 9.17) is 0 Å². The molecule has 1 unspecified atom stereocenters. The summed E-state index contributed by atoms with van der Waals surface area (Å²) in [5, 5.41) is 9.70. The molecular weight excluding hydrogens is 440 g/mol. The molecule has 0 heterocycles. The second kappa shape index (κ2) is 11.4. The number of carbonyl (C=O) groups is 5. The molecule has 0 amide bonds. The monoisotopic (exact) mass is 468 g/mol. The van der Waals surface area contributed by atoms with Crippen LogP contribution in [-0.2, 0) is 30.3 Å². The molecule has 0 bridgehead atoms. The number of carbonyl (C=O) groups excluding carboxylic acids is 4. The molecule has 0 aliphatic heterocycles. The van der Waals surface area contributed by atoms with Gasteiger partial charge in [-0.15, -0.1) is 0 Å². The molecule has 1 atom stereocenters. The predicted molar refractivity (Wildman–Crippen MR) is 123 cm³/mol. The number of esters is 2. The number of carboxylic acids is 1. The zero-order chi connectivity index (χ0) is 25.6. The zero-order valence-electron chi connectivity index (χ0n) is 19.8. The molecule has 34 heavy (non-hydrogen) atoms. The van der Waals surface area contributed by atoms with Crippen LogP contribution >= 0.6 is 0 Å². The number of aryl methyl sites for hydroxylation is 2. The van der Waals surface area contributed by atoms with Gasteiger partial charge in [0.2, 0.25) is 0 Å². The second-order valence-electron chi connectivity index (χ2n) is 8.07. The Morgan fingerprint density at radius 3 is 1.79 bits per heavy atom. The van der Waals surface area contributed by atoms with Crippen molar-refractivity contribution in [3.05, 3.63) is 69.8 Å². The third-order valence-corrected chi connectivity index (χ3v) is 5.77. The van der Waals surface area contributed by atoms with E-state index >= 15 is 0 Å². The van der Waals surface area contributed by atoms with Crippen LogP contribution in [0.4, 0.5) is 0 Å². The summed E-state index contributed by atoms with van der Waals surface area (Å²) < 4.78 is 9.13. The van der Waals surface area contributed by atoms with Gasteiger partial charge < -0.3 is 14.6 Å². The van der Waals surface area contributed by atoms with Crippen LogP contribution in [0.25, 0.3) is 0 Å². The number of carboxylic acid groups (broad SMARTS) is 1. The number of benzene rings is 2. The fourth-order valence-electron chi connectivity index (χ4n) is 4.24. The first kappa shape index (κ1) is 26.4. The summed E-state index contributed by atoms with van der Waals surface area (Å²) in [6.07, 6.45) is -0.509. The predicted octanol–water partition coefficient (Wildman–Crippen LogP) is 3.27. The molecule has 0 aliphatic carbocycles. The van der Waals surface area contributed by atoms with Gasteiger partial charge in [0.25, 0.3) is 0 Å². The van der Waals surface area contributed by atoms with Crippen molar-refractivity contribution in [1.29, 1.82) is 0 Å². The first-order valence-electron chi connectivity index (χ1n) is 10.6. The van der Waals surface area contributed by atoms with Crippen molar-refractivity contribution in [2.24, 2.45) is 11.8 Å². The normalized spacial score (nSPS) is 11.6. The molecule has 2 aromatic rings. The maximum Gasteiger partial charge on any atom is 0.320 e. The average Bonchev–Trinajstić information content (AvgIpc) is 2.78. The second-order valence-corrected chi connectivity index (χ2v) is 8.07. The molecule has 0 saturated heterocycles. The zero-order valence-corrected chi connectivity index (χ0v) is 19.8. The van der Waals surface area contributed by atoms with Crippen LogP contribution in [-0.4, -0.2) is 48.8 Å². The summed E-state index contributed by atoms with van der Waals surface area (Å²) >= 11 is 0. The number of ether oxygens (including phenoxy) is 2. The highest BCUT2D eigenvalue weighted by Gasteiger charge is 2.43. The molecule has 0 aliphatic rings. The summed E-state index contributed by atoms with van der Waals surface area (Å²) in [7, 11) is 2.02. The van der Waals surface area contributed by atoms with Crippen LogP contribution in [0.15, 0.2) is 36.4 Å². The molecule has 0 radical (unpaired) electrons. The van der Waals surface area contributed by atoms with Gasteiger partial charge in [0.15, 0.2) is 17.5 Å². The molecule has 0 fully saturated rings. The summed E-state index contributed by atoms with van der Waals surface area (Å²) in [6.45, 7) is 5.10. The van der Waals surface area contributed by atoms with Crippen LogP contribution < -0.4 is 0 Å². The maximum atomic E-state index is 13.3. The van der Waals surface area contributed by atoms with E-state index in [0.29, 0.717) is 22.3 Å². The van der Waals surface area contributed by atoms with Gasteiger partial charge >= 0.3 is 17.9 Å². The minimum absolute atomic E-state index is 0.143. The lowest BCUT2D eigenvalue weighted by Crippen LogP contribution is -2.38. The Bertz CT molecular complexity index is 1100. The Kier molecular flexibility index (Phi) is 8.83. The van der Waals surface area contributed by atoms with Gasteiger partial charge in [0.1, 0.15) is 0 Å². The van der Waals surface area contributed by atoms with Crippen LogP contribution in [0.2, 0.25) is 0 Å². The van der Waals surface area contributed by atoms with Gasteiger partial charge in [-0.1, -0.05) is 36.4 Å². The van der Waals surface area contributed by atoms with E-state index < -0.39 is 41.9 Å². The fourth-order valence-corrected chi connectivity index (χ4v) is 4.24. The van der Waals surface area contributed by atoms with Gasteiger partial charge in [-0.05, 0) is 43.0 Å². The molecule has 2 rings (SSSR count). The van der Waals surface area contributed by atoms with Gasteiger partial charge in [-0.25, -0.2) is 0 Å². The van der Waals surface area contributed by atoms with Crippen LogP contribution in [0.3, 0.4) is 0 Å². The molecule has 2 aromatic carbocycles. The van der Waals surface area contributed by atoms with Crippen LogP contribution in [0.5, 0.6) is 0 Å². The van der Waals surface area contributed by atoms with E-state index in [1.807, 2.05) is 30.3 Å². The van der Waals surface area contributed by atoms with Gasteiger partial charge in [-0.2, -0.15) is 0 Å². The van der Waals surface area contributed by atoms with Crippen molar-refractivity contribution in [2.75, 3.05) is 14.2 Å². The lowest BCUT2D eigenvalue weighted by molar-refractivity contribution is -0.167. The van der Waals surface area contributed by atoms with Gasteiger partial charge in [0, 0.05) is 24.0 Å². The molecule has 1 N–H and O–H groups in total. The van der Waals surface area contributed by atoms with E-state index in [-0.39, 0.29) is 17.8 Å². The third-order valence-electron chi connectivity index (χ3n) is 5.77. The maximum absolute atomic E-state index is 13.3. The Balaban J connectivity index is 2.47. The first-order chi connectivity index (χ1) is 16.0. The Labute approximate surface area is 197 Å². The highest BCUT2D eigenvalue weighted by atomic mass is 16.5. The number of ketones is 2. The van der Waals surface area contributed by atoms with Crippen LogP contribution in [0.1, 0.15) is 49.4 Å². The smallest absolute Gasteiger partial charge is 0.320 e. The Hall–Kier alpha value is -3.81. The summed E-state index contributed by atoms with van der Waals surface area (Å²) in [4.78, 5) is 62.6. The molecule has 8 heteroatoms. The van der Waals surface area contributed by atoms with Crippen LogP contribution in [0, 0.1) is 32.6 Å². The molecule has 0 saturated carbocycles. The Morgan fingerprint density at radius 2 is 1.32 bits per heavy atom. The lowest BCUT2D eigenvalue weighted by Gasteiger charge is -2.21. The van der Waals surface area contributed by atoms with Crippen molar-refractivity contribution >= 4 is 29.5 Å². The van der Waals surface area contributed by atoms with Crippen molar-refractivity contribution in [3.8, 4) is 0 Å². The molecule has 180 valence electrons. The third kappa shape index (κ3) is 5.75. The lowest BCUT2D eigenvalue weighted by atomic mass is 9.82. The van der Waals surface area contributed by atoms with E-state index in [1.54, 1.807) is 26.8 Å². The summed E-state index contributed by atoms with van der Waals surface area (Å²) in [5.41, 5.74) is 3.10. The van der Waals surface area contributed by atoms with Crippen molar-refractivity contribution in [1.82, 2.24) is 0 Å². The highest BCUT2D eigenvalue weighted by Crippen LogP contribution is 2.28. The largest absolute Gasteiger partial charge is 0.481 e. The quantitative estimate of drug-likeness (QED) is 0.320. The van der Waals surface area contributed by atoms with E-state index in [2.05, 4.69) is 9.47 Å². The summed E-state index contributed by atoms with van der Waals surface area (Å²) in [6, 6.07) is 10.9. The number of rotatable bonds is 10. The number of Topliss-reactive ketones (excluding diaryl/α,β-unsaturated/α-hetero) is 2. The van der Waals surface area contributed by atoms with Crippen molar-refractivity contribution in [2.45, 2.75) is 33.6 Å². The number of hydrogen-bond acceptors (Lipinski definition) is 7. The minimum atomic E-state index is -1.80. The molecule has 8 nitrogen and oxygen atoms in total. The fraction of sp³-hybridized carbons (Fsp3) is 0.346. The SMILES string of the molecule is COC(=O)C(C(=O)OC)C(CC(=O)c1c(C)cc(C)c(C(=O)Cc2ccccc2)c1C)C(=O)O. The van der Waals surface area contributed by atoms with Crippen molar-refractivity contribution in [3.63, 3.8) is 0 Å². The average molecular weight is 469 g/mol. The number of methoxy groups -OCH3 is 2. The molecule has 0 aromatic heterocycles. The van der Waals surface area contributed by atoms with Crippen molar-refractivity contribution < 1.29 is 38.6 Å². The summed E-state index contributed by atoms with van der Waals surface area (Å²) in [5.74, 6) is -8.01. The first-order valence-corrected chi connectivity index (χ1v) is 10.6.